The van der Waals surface area contributed by atoms with Crippen LogP contribution in [0.1, 0.15) is 22.7 Å². The Morgan fingerprint density at radius 1 is 1.12 bits per heavy atom. The van der Waals surface area contributed by atoms with E-state index in [0.29, 0.717) is 27.6 Å². The number of carbonyl (C=O) groups is 2. The van der Waals surface area contributed by atoms with E-state index in [2.05, 4.69) is 4.98 Å². The number of aliphatic hydroxyl groups excluding tert-OH is 1. The van der Waals surface area contributed by atoms with Gasteiger partial charge in [0.15, 0.2) is 0 Å². The molecule has 4 rings (SSSR count). The van der Waals surface area contributed by atoms with Crippen molar-refractivity contribution in [3.8, 4) is 5.75 Å². The molecule has 6 nitrogen and oxygen atoms in total. The van der Waals surface area contributed by atoms with Gasteiger partial charge in [0, 0.05) is 28.7 Å². The number of nitrogens with zero attached hydrogens (tertiary/aromatic N) is 2. The number of Topliss-reactive ketones (excluding diaryl/α,β-unsaturated/α-hetero) is 1. The second-order valence-corrected chi connectivity index (χ2v) is 8.08. The molecular formula is C24H18Cl2N2O4. The fourth-order valence-corrected chi connectivity index (χ4v) is 4.28. The lowest BCUT2D eigenvalue weighted by atomic mass is 9.96. The number of halogens is 2. The second kappa shape index (κ2) is 8.65. The van der Waals surface area contributed by atoms with Crippen LogP contribution >= 0.6 is 23.2 Å². The molecule has 0 aliphatic carbocycles. The smallest absolute Gasteiger partial charge is 0.300 e. The minimum absolute atomic E-state index is 0.0569. The third-order valence-corrected chi connectivity index (χ3v) is 5.82. The van der Waals surface area contributed by atoms with Crippen LogP contribution < -0.4 is 9.64 Å². The predicted molar refractivity (Wildman–Crippen MR) is 123 cm³/mol. The minimum atomic E-state index is -0.885. The normalized spacial score (nSPS) is 17.6. The summed E-state index contributed by atoms with van der Waals surface area (Å²) in [4.78, 5) is 31.8. The summed E-state index contributed by atoms with van der Waals surface area (Å²) < 4.78 is 5.15. The van der Waals surface area contributed by atoms with Crippen LogP contribution in [-0.2, 0) is 9.59 Å². The van der Waals surface area contributed by atoms with E-state index in [-0.39, 0.29) is 21.9 Å². The van der Waals surface area contributed by atoms with Crippen molar-refractivity contribution in [2.45, 2.75) is 13.0 Å². The van der Waals surface area contributed by atoms with Crippen LogP contribution in [0.5, 0.6) is 5.75 Å². The molecule has 0 bridgehead atoms. The average Bonchev–Trinajstić information content (AvgIpc) is 3.04. The Kier molecular flexibility index (Phi) is 5.91. The summed E-state index contributed by atoms with van der Waals surface area (Å²) in [7, 11) is 1.48. The number of benzene rings is 2. The number of amides is 1. The number of hydrogen-bond donors (Lipinski definition) is 1. The quantitative estimate of drug-likeness (QED) is 0.317. The molecule has 32 heavy (non-hydrogen) atoms. The van der Waals surface area contributed by atoms with E-state index in [1.54, 1.807) is 61.8 Å². The van der Waals surface area contributed by atoms with E-state index in [1.807, 2.05) is 0 Å². The highest BCUT2D eigenvalue weighted by molar-refractivity contribution is 6.52. The van der Waals surface area contributed by atoms with Crippen molar-refractivity contribution in [1.29, 1.82) is 0 Å². The molecule has 1 atom stereocenters. The summed E-state index contributed by atoms with van der Waals surface area (Å²) >= 11 is 12.3. The van der Waals surface area contributed by atoms with E-state index >= 15 is 0 Å². The zero-order valence-corrected chi connectivity index (χ0v) is 18.7. The van der Waals surface area contributed by atoms with Crippen molar-refractivity contribution < 1.29 is 19.4 Å². The molecule has 0 radical (unpaired) electrons. The number of pyridine rings is 1. The molecule has 162 valence electrons. The lowest BCUT2D eigenvalue weighted by Crippen LogP contribution is -2.30. The summed E-state index contributed by atoms with van der Waals surface area (Å²) in [5.41, 5.74) is 2.02. The van der Waals surface area contributed by atoms with Crippen molar-refractivity contribution in [3.63, 3.8) is 0 Å². The lowest BCUT2D eigenvalue weighted by Gasteiger charge is -2.26. The second-order valence-electron chi connectivity index (χ2n) is 7.24. The largest absolute Gasteiger partial charge is 0.507 e. The first kappa shape index (κ1) is 21.9. The van der Waals surface area contributed by atoms with Crippen LogP contribution in [0.3, 0.4) is 0 Å². The fraction of sp³-hybridized carbons (Fsp3) is 0.125. The summed E-state index contributed by atoms with van der Waals surface area (Å²) in [5, 5.41) is 11.9. The van der Waals surface area contributed by atoms with E-state index in [9.17, 15) is 14.7 Å². The maximum absolute atomic E-state index is 13.2. The zero-order valence-electron chi connectivity index (χ0n) is 17.2. The van der Waals surface area contributed by atoms with Gasteiger partial charge in [-0.15, -0.1) is 0 Å². The molecule has 1 saturated heterocycles. The van der Waals surface area contributed by atoms with Gasteiger partial charge in [-0.1, -0.05) is 29.3 Å². The number of ether oxygens (including phenoxy) is 1. The minimum Gasteiger partial charge on any atom is -0.507 e. The van der Waals surface area contributed by atoms with Crippen LogP contribution in [0.25, 0.3) is 5.76 Å². The van der Waals surface area contributed by atoms with Crippen LogP contribution in [0.2, 0.25) is 10.0 Å². The summed E-state index contributed by atoms with van der Waals surface area (Å²) in [5.74, 6) is -1.48. The standard InChI is InChI=1S/C24H18Cl2N2O4/c1-13-10-16(25)6-7-18(13)28-21(15-4-3-9-27-12-15)20(23(30)24(28)31)22(29)14-5-8-19(32-2)17(26)11-14/h3-12,21,29H,1-2H3/b22-20+. The number of rotatable bonds is 4. The van der Waals surface area contributed by atoms with E-state index in [0.717, 1.165) is 0 Å². The summed E-state index contributed by atoms with van der Waals surface area (Å²) in [6.45, 7) is 1.80. The van der Waals surface area contributed by atoms with Crippen LogP contribution in [-0.4, -0.2) is 28.9 Å². The van der Waals surface area contributed by atoms with Crippen LogP contribution in [0, 0.1) is 6.92 Å². The Morgan fingerprint density at radius 3 is 2.53 bits per heavy atom. The Balaban J connectivity index is 1.95. The van der Waals surface area contributed by atoms with Gasteiger partial charge in [0.1, 0.15) is 11.5 Å². The van der Waals surface area contributed by atoms with Gasteiger partial charge < -0.3 is 9.84 Å². The Labute approximate surface area is 194 Å². The van der Waals surface area contributed by atoms with Gasteiger partial charge in [0.25, 0.3) is 11.7 Å². The molecule has 1 aromatic heterocycles. The van der Waals surface area contributed by atoms with Crippen molar-refractivity contribution in [1.82, 2.24) is 4.98 Å². The number of methoxy groups -OCH3 is 1. The van der Waals surface area contributed by atoms with Crippen molar-refractivity contribution in [3.05, 3.63) is 93.2 Å². The molecule has 1 aliphatic heterocycles. The number of anilines is 1. The first-order valence-corrected chi connectivity index (χ1v) is 10.4. The Bertz CT molecular complexity index is 1260. The number of hydrogen-bond acceptors (Lipinski definition) is 5. The third-order valence-electron chi connectivity index (χ3n) is 5.29. The lowest BCUT2D eigenvalue weighted by molar-refractivity contribution is -0.132. The van der Waals surface area contributed by atoms with Crippen molar-refractivity contribution in [2.24, 2.45) is 0 Å². The van der Waals surface area contributed by atoms with Crippen LogP contribution in [0.15, 0.2) is 66.5 Å². The topological polar surface area (TPSA) is 79.7 Å². The molecule has 3 aromatic rings. The molecule has 0 saturated carbocycles. The highest BCUT2D eigenvalue weighted by Gasteiger charge is 2.47. The molecule has 1 unspecified atom stereocenters. The van der Waals surface area contributed by atoms with Gasteiger partial charge in [-0.2, -0.15) is 0 Å². The summed E-state index contributed by atoms with van der Waals surface area (Å²) in [6, 6.07) is 12.2. The van der Waals surface area contributed by atoms with Crippen molar-refractivity contribution >= 4 is 46.3 Å². The van der Waals surface area contributed by atoms with E-state index < -0.39 is 17.7 Å². The first-order valence-electron chi connectivity index (χ1n) is 9.64. The van der Waals surface area contributed by atoms with Gasteiger partial charge in [-0.05, 0) is 60.5 Å². The molecule has 1 N–H and O–H groups in total. The highest BCUT2D eigenvalue weighted by atomic mass is 35.5. The van der Waals surface area contributed by atoms with Gasteiger partial charge >= 0.3 is 0 Å². The first-order chi connectivity index (χ1) is 15.3. The number of aliphatic hydroxyl groups is 1. The Morgan fingerprint density at radius 2 is 1.91 bits per heavy atom. The Hall–Kier alpha value is -3.35. The maximum atomic E-state index is 13.2. The molecule has 8 heteroatoms. The molecule has 1 fully saturated rings. The van der Waals surface area contributed by atoms with Crippen LogP contribution in [0.4, 0.5) is 5.69 Å². The third kappa shape index (κ3) is 3.72. The van der Waals surface area contributed by atoms with Crippen molar-refractivity contribution in [2.75, 3.05) is 12.0 Å². The monoisotopic (exact) mass is 468 g/mol. The number of ketones is 1. The molecule has 0 spiro atoms. The molecule has 2 aromatic carbocycles. The summed E-state index contributed by atoms with van der Waals surface area (Å²) in [6.07, 6.45) is 3.15. The number of carbonyl (C=O) groups excluding carboxylic acids is 2. The predicted octanol–water partition coefficient (Wildman–Crippen LogP) is 5.33. The highest BCUT2D eigenvalue weighted by Crippen LogP contribution is 2.43. The van der Waals surface area contributed by atoms with E-state index in [1.165, 1.54) is 18.1 Å². The van der Waals surface area contributed by atoms with Gasteiger partial charge in [0.2, 0.25) is 0 Å². The fourth-order valence-electron chi connectivity index (χ4n) is 3.79. The molecule has 1 amide bonds. The number of aryl methyl sites for hydroxylation is 1. The molecule has 2 heterocycles. The number of aromatic nitrogens is 1. The average molecular weight is 469 g/mol. The van der Waals surface area contributed by atoms with Gasteiger partial charge in [-0.25, -0.2) is 0 Å². The molecule has 1 aliphatic rings. The van der Waals surface area contributed by atoms with Gasteiger partial charge in [0.05, 0.1) is 23.7 Å². The van der Waals surface area contributed by atoms with Gasteiger partial charge in [-0.3, -0.25) is 19.5 Å². The zero-order chi connectivity index (χ0) is 23.0. The SMILES string of the molecule is COc1ccc(/C(O)=C2\C(=O)C(=O)N(c3ccc(Cl)cc3C)C2c2cccnc2)cc1Cl. The molecular weight excluding hydrogens is 451 g/mol. The van der Waals surface area contributed by atoms with E-state index in [4.69, 9.17) is 27.9 Å². The maximum Gasteiger partial charge on any atom is 0.300 e.